The molecule has 1 amide bonds. The van der Waals surface area contributed by atoms with Gasteiger partial charge in [0.15, 0.2) is 16.7 Å². The summed E-state index contributed by atoms with van der Waals surface area (Å²) < 4.78 is 23.1. The monoisotopic (exact) mass is 479 g/mol. The molecule has 9 nitrogen and oxygen atoms in total. The van der Waals surface area contributed by atoms with Gasteiger partial charge in [-0.1, -0.05) is 17.8 Å². The summed E-state index contributed by atoms with van der Waals surface area (Å²) >= 11 is 1.16. The molecule has 0 aliphatic carbocycles. The van der Waals surface area contributed by atoms with Gasteiger partial charge in [-0.3, -0.25) is 14.2 Å². The summed E-state index contributed by atoms with van der Waals surface area (Å²) in [6.45, 7) is 2.21. The molecular formula is C24H21N3O6S. The number of ether oxygens (including phenoxy) is 3. The Kier molecular flexibility index (Phi) is 5.89. The third-order valence-corrected chi connectivity index (χ3v) is 6.25. The maximum atomic E-state index is 13.4. The molecule has 0 bridgehead atoms. The van der Waals surface area contributed by atoms with Gasteiger partial charge in [0.25, 0.3) is 5.56 Å². The minimum atomic E-state index is -0.261. The average molecular weight is 480 g/mol. The molecule has 0 spiro atoms. The average Bonchev–Trinajstić information content (AvgIpc) is 3.50. The van der Waals surface area contributed by atoms with E-state index >= 15 is 0 Å². The van der Waals surface area contributed by atoms with Crippen LogP contribution in [0.5, 0.6) is 17.2 Å². The van der Waals surface area contributed by atoms with Gasteiger partial charge in [-0.05, 0) is 42.8 Å². The fourth-order valence-electron chi connectivity index (χ4n) is 3.63. The van der Waals surface area contributed by atoms with Gasteiger partial charge in [-0.2, -0.15) is 0 Å². The molecule has 0 saturated carbocycles. The van der Waals surface area contributed by atoms with E-state index in [4.69, 9.17) is 18.6 Å². The number of aromatic nitrogens is 2. The third-order valence-electron chi connectivity index (χ3n) is 5.27. The summed E-state index contributed by atoms with van der Waals surface area (Å²) in [5, 5.41) is 3.65. The van der Waals surface area contributed by atoms with Crippen molar-refractivity contribution in [1.82, 2.24) is 9.55 Å². The summed E-state index contributed by atoms with van der Waals surface area (Å²) in [6.07, 6.45) is 1.54. The highest BCUT2D eigenvalue weighted by atomic mass is 32.2. The first kappa shape index (κ1) is 21.9. The summed E-state index contributed by atoms with van der Waals surface area (Å²) in [7, 11) is 1.55. The van der Waals surface area contributed by atoms with Gasteiger partial charge in [0.05, 0.1) is 42.3 Å². The SMILES string of the molecule is COc1ccc(C)cc1NC(=O)CSc1nc2cc3c(cc2c(=O)n1Cc1ccco1)OCO3. The van der Waals surface area contributed by atoms with E-state index in [2.05, 4.69) is 10.3 Å². The summed E-state index contributed by atoms with van der Waals surface area (Å²) in [6, 6.07) is 12.4. The fraction of sp³-hybridized carbons (Fsp3) is 0.208. The molecule has 2 aromatic carbocycles. The highest BCUT2D eigenvalue weighted by Gasteiger charge is 2.20. The van der Waals surface area contributed by atoms with Crippen molar-refractivity contribution in [2.75, 3.05) is 25.0 Å². The number of hydrogen-bond donors (Lipinski definition) is 1. The molecule has 1 aliphatic rings. The maximum absolute atomic E-state index is 13.4. The van der Waals surface area contributed by atoms with E-state index in [0.717, 1.165) is 17.3 Å². The Hall–Kier alpha value is -3.92. The predicted molar refractivity (Wildman–Crippen MR) is 127 cm³/mol. The molecule has 4 aromatic rings. The van der Waals surface area contributed by atoms with E-state index < -0.39 is 0 Å². The molecule has 0 unspecified atom stereocenters. The lowest BCUT2D eigenvalue weighted by atomic mass is 10.2. The summed E-state index contributed by atoms with van der Waals surface area (Å²) in [5.74, 6) is 1.99. The minimum absolute atomic E-state index is 0.0394. The lowest BCUT2D eigenvalue weighted by Crippen LogP contribution is -2.24. The number of carbonyl (C=O) groups is 1. The Morgan fingerprint density at radius 2 is 2.03 bits per heavy atom. The van der Waals surface area contributed by atoms with Crippen molar-refractivity contribution in [2.24, 2.45) is 0 Å². The molecule has 0 atom stereocenters. The number of thioether (sulfide) groups is 1. The summed E-state index contributed by atoms with van der Waals surface area (Å²) in [4.78, 5) is 30.8. The quantitative estimate of drug-likeness (QED) is 0.315. The topological polar surface area (TPSA) is 105 Å². The zero-order valence-electron chi connectivity index (χ0n) is 18.5. The smallest absolute Gasteiger partial charge is 0.262 e. The normalized spacial score (nSPS) is 12.2. The second-order valence-electron chi connectivity index (χ2n) is 7.63. The number of aryl methyl sites for hydroxylation is 1. The standard InChI is InChI=1S/C24H21N3O6S/c1-14-5-6-19(30-2)18(8-14)25-22(28)12-34-24-26-17-10-21-20(32-13-33-21)9-16(17)23(29)27(24)11-15-4-3-7-31-15/h3-10H,11-13H2,1-2H3,(H,25,28). The highest BCUT2D eigenvalue weighted by molar-refractivity contribution is 7.99. The van der Waals surface area contributed by atoms with E-state index in [1.54, 1.807) is 43.7 Å². The molecule has 3 heterocycles. The number of rotatable bonds is 7. The van der Waals surface area contributed by atoms with Crippen LogP contribution >= 0.6 is 11.8 Å². The van der Waals surface area contributed by atoms with Crippen molar-refractivity contribution in [2.45, 2.75) is 18.6 Å². The molecule has 34 heavy (non-hydrogen) atoms. The maximum Gasteiger partial charge on any atom is 0.262 e. The Bertz CT molecular complexity index is 1430. The van der Waals surface area contributed by atoms with Crippen molar-refractivity contribution in [3.05, 3.63) is 70.4 Å². The molecule has 2 aromatic heterocycles. The first-order valence-electron chi connectivity index (χ1n) is 10.5. The van der Waals surface area contributed by atoms with Crippen LogP contribution in [0.2, 0.25) is 0 Å². The van der Waals surface area contributed by atoms with Gasteiger partial charge in [-0.25, -0.2) is 4.98 Å². The number of furan rings is 1. The molecular weight excluding hydrogens is 458 g/mol. The second-order valence-corrected chi connectivity index (χ2v) is 8.57. The zero-order chi connectivity index (χ0) is 23.7. The first-order chi connectivity index (χ1) is 16.5. The minimum Gasteiger partial charge on any atom is -0.495 e. The number of hydrogen-bond acceptors (Lipinski definition) is 8. The largest absolute Gasteiger partial charge is 0.495 e. The predicted octanol–water partition coefficient (Wildman–Crippen LogP) is 3.81. The molecule has 5 rings (SSSR count). The van der Waals surface area contributed by atoms with Gasteiger partial charge in [0, 0.05) is 6.07 Å². The fourth-order valence-corrected chi connectivity index (χ4v) is 4.43. The lowest BCUT2D eigenvalue weighted by Gasteiger charge is -2.13. The number of nitrogens with one attached hydrogen (secondary N) is 1. The third kappa shape index (κ3) is 4.32. The van der Waals surface area contributed by atoms with Crippen molar-refractivity contribution >= 4 is 34.3 Å². The van der Waals surface area contributed by atoms with E-state index in [9.17, 15) is 9.59 Å². The van der Waals surface area contributed by atoms with Gasteiger partial charge in [-0.15, -0.1) is 0 Å². The van der Waals surface area contributed by atoms with E-state index in [1.165, 1.54) is 4.57 Å². The van der Waals surface area contributed by atoms with Gasteiger partial charge in [0.2, 0.25) is 12.7 Å². The number of fused-ring (bicyclic) bond motifs is 2. The number of carbonyl (C=O) groups excluding carboxylic acids is 1. The molecule has 10 heteroatoms. The number of benzene rings is 2. The van der Waals surface area contributed by atoms with Gasteiger partial charge in [0.1, 0.15) is 11.5 Å². The van der Waals surface area contributed by atoms with Crippen LogP contribution in [0.3, 0.4) is 0 Å². The Labute approximate surface area is 198 Å². The van der Waals surface area contributed by atoms with Crippen LogP contribution in [0.4, 0.5) is 5.69 Å². The van der Waals surface area contributed by atoms with Crippen LogP contribution in [-0.4, -0.2) is 35.1 Å². The molecule has 0 saturated heterocycles. The van der Waals surface area contributed by atoms with E-state index in [0.29, 0.717) is 44.8 Å². The van der Waals surface area contributed by atoms with Crippen molar-refractivity contribution in [3.8, 4) is 17.2 Å². The highest BCUT2D eigenvalue weighted by Crippen LogP contribution is 2.35. The second kappa shape index (κ2) is 9.14. The Morgan fingerprint density at radius 3 is 2.79 bits per heavy atom. The van der Waals surface area contributed by atoms with Crippen LogP contribution in [0.1, 0.15) is 11.3 Å². The van der Waals surface area contributed by atoms with Crippen LogP contribution in [0, 0.1) is 6.92 Å². The molecule has 174 valence electrons. The number of methoxy groups -OCH3 is 1. The van der Waals surface area contributed by atoms with Crippen molar-refractivity contribution in [1.29, 1.82) is 0 Å². The molecule has 0 fully saturated rings. The number of anilines is 1. The van der Waals surface area contributed by atoms with E-state index in [1.807, 2.05) is 19.1 Å². The summed E-state index contributed by atoms with van der Waals surface area (Å²) in [5.41, 5.74) is 1.78. The molecule has 1 aliphatic heterocycles. The Morgan fingerprint density at radius 1 is 1.21 bits per heavy atom. The van der Waals surface area contributed by atoms with E-state index in [-0.39, 0.29) is 30.6 Å². The van der Waals surface area contributed by atoms with Crippen LogP contribution in [0.25, 0.3) is 10.9 Å². The zero-order valence-corrected chi connectivity index (χ0v) is 19.3. The van der Waals surface area contributed by atoms with Crippen LogP contribution in [0.15, 0.2) is 63.1 Å². The number of amides is 1. The lowest BCUT2D eigenvalue weighted by molar-refractivity contribution is -0.113. The van der Waals surface area contributed by atoms with Gasteiger partial charge >= 0.3 is 0 Å². The van der Waals surface area contributed by atoms with Crippen molar-refractivity contribution in [3.63, 3.8) is 0 Å². The molecule has 0 radical (unpaired) electrons. The van der Waals surface area contributed by atoms with Crippen LogP contribution < -0.4 is 25.1 Å². The Balaban J connectivity index is 1.45. The number of nitrogens with zero attached hydrogens (tertiary/aromatic N) is 2. The van der Waals surface area contributed by atoms with Gasteiger partial charge < -0.3 is 23.9 Å². The molecule has 1 N–H and O–H groups in total. The van der Waals surface area contributed by atoms with Crippen LogP contribution in [-0.2, 0) is 11.3 Å². The van der Waals surface area contributed by atoms with Crippen molar-refractivity contribution < 1.29 is 23.4 Å². The first-order valence-corrected chi connectivity index (χ1v) is 11.4.